The third-order valence-corrected chi connectivity index (χ3v) is 3.42. The van der Waals surface area contributed by atoms with Gasteiger partial charge in [-0.05, 0) is 52.9 Å². The highest BCUT2D eigenvalue weighted by atomic mass is 16.3. The van der Waals surface area contributed by atoms with Crippen LogP contribution in [0.4, 0.5) is 0 Å². The highest BCUT2D eigenvalue weighted by Gasteiger charge is 2.03. The molecule has 2 aromatic carbocycles. The van der Waals surface area contributed by atoms with Crippen LogP contribution >= 0.6 is 0 Å². The van der Waals surface area contributed by atoms with Gasteiger partial charge < -0.3 is 10.2 Å². The van der Waals surface area contributed by atoms with E-state index >= 15 is 0 Å². The van der Waals surface area contributed by atoms with Gasteiger partial charge in [0.05, 0.1) is 0 Å². The van der Waals surface area contributed by atoms with Crippen LogP contribution in [0.5, 0.6) is 11.5 Å². The monoisotopic (exact) mass is 277 g/mol. The Kier molecular flexibility index (Phi) is 3.56. The quantitative estimate of drug-likeness (QED) is 0.717. The molecular formula is C18H15NO2. The summed E-state index contributed by atoms with van der Waals surface area (Å²) in [7, 11) is 0. The predicted molar refractivity (Wildman–Crippen MR) is 82.3 cm³/mol. The van der Waals surface area contributed by atoms with Crippen LogP contribution in [0.15, 0.2) is 67.0 Å². The minimum absolute atomic E-state index is 0.103. The maximum Gasteiger partial charge on any atom is 0.158 e. The van der Waals surface area contributed by atoms with Gasteiger partial charge in [-0.25, -0.2) is 0 Å². The van der Waals surface area contributed by atoms with Crippen LogP contribution in [-0.2, 0) is 6.42 Å². The summed E-state index contributed by atoms with van der Waals surface area (Å²) >= 11 is 0. The number of benzene rings is 2. The van der Waals surface area contributed by atoms with Crippen LogP contribution in [0, 0.1) is 0 Å². The second kappa shape index (κ2) is 5.67. The SMILES string of the molecule is Oc1ccc(-c2ccc(Cc3ccncc3)cc2)cc1O. The number of nitrogens with zero attached hydrogens (tertiary/aromatic N) is 1. The third kappa shape index (κ3) is 3.03. The maximum absolute atomic E-state index is 9.55. The number of hydrogen-bond donors (Lipinski definition) is 2. The van der Waals surface area contributed by atoms with Crippen molar-refractivity contribution in [2.24, 2.45) is 0 Å². The number of aromatic nitrogens is 1. The lowest BCUT2D eigenvalue weighted by Crippen LogP contribution is -1.88. The van der Waals surface area contributed by atoms with Gasteiger partial charge in [0, 0.05) is 12.4 Å². The Labute approximate surface area is 123 Å². The molecule has 0 aliphatic rings. The van der Waals surface area contributed by atoms with Crippen molar-refractivity contribution < 1.29 is 10.2 Å². The standard InChI is InChI=1S/C18H15NO2/c20-17-6-5-16(12-18(17)21)15-3-1-13(2-4-15)11-14-7-9-19-10-8-14/h1-10,12,20-21H,11H2. The van der Waals surface area contributed by atoms with E-state index in [4.69, 9.17) is 0 Å². The molecule has 0 spiro atoms. The largest absolute Gasteiger partial charge is 0.504 e. The summed E-state index contributed by atoms with van der Waals surface area (Å²) in [6.07, 6.45) is 4.45. The summed E-state index contributed by atoms with van der Waals surface area (Å²) in [5.74, 6) is -0.207. The third-order valence-electron chi connectivity index (χ3n) is 3.42. The summed E-state index contributed by atoms with van der Waals surface area (Å²) in [6, 6.07) is 17.0. The fourth-order valence-electron chi connectivity index (χ4n) is 2.25. The molecular weight excluding hydrogens is 262 g/mol. The van der Waals surface area contributed by atoms with Crippen molar-refractivity contribution in [2.45, 2.75) is 6.42 Å². The molecule has 0 fully saturated rings. The Balaban J connectivity index is 1.82. The van der Waals surface area contributed by atoms with Gasteiger partial charge in [0.1, 0.15) is 0 Å². The summed E-state index contributed by atoms with van der Waals surface area (Å²) < 4.78 is 0. The van der Waals surface area contributed by atoms with Gasteiger partial charge in [0.25, 0.3) is 0 Å². The lowest BCUT2D eigenvalue weighted by Gasteiger charge is -2.06. The number of rotatable bonds is 3. The van der Waals surface area contributed by atoms with E-state index in [2.05, 4.69) is 17.1 Å². The van der Waals surface area contributed by atoms with Crippen molar-refractivity contribution in [3.63, 3.8) is 0 Å². The topological polar surface area (TPSA) is 53.4 Å². The summed E-state index contributed by atoms with van der Waals surface area (Å²) in [4.78, 5) is 4.01. The van der Waals surface area contributed by atoms with Crippen molar-refractivity contribution in [1.82, 2.24) is 4.98 Å². The lowest BCUT2D eigenvalue weighted by atomic mass is 10.0. The lowest BCUT2D eigenvalue weighted by molar-refractivity contribution is 0.404. The Morgan fingerprint density at radius 3 is 1.95 bits per heavy atom. The van der Waals surface area contributed by atoms with Gasteiger partial charge in [0.15, 0.2) is 11.5 Å². The first kappa shape index (κ1) is 13.2. The van der Waals surface area contributed by atoms with Gasteiger partial charge in [-0.2, -0.15) is 0 Å². The fraction of sp³-hybridized carbons (Fsp3) is 0.0556. The van der Waals surface area contributed by atoms with Gasteiger partial charge in [-0.15, -0.1) is 0 Å². The molecule has 3 aromatic rings. The molecule has 0 aliphatic carbocycles. The highest BCUT2D eigenvalue weighted by Crippen LogP contribution is 2.30. The van der Waals surface area contributed by atoms with E-state index in [1.165, 1.54) is 17.2 Å². The molecule has 0 aliphatic heterocycles. The Hall–Kier alpha value is -2.81. The van der Waals surface area contributed by atoms with Crippen molar-refractivity contribution in [3.8, 4) is 22.6 Å². The van der Waals surface area contributed by atoms with Crippen molar-refractivity contribution in [3.05, 3.63) is 78.1 Å². The summed E-state index contributed by atoms with van der Waals surface area (Å²) in [6.45, 7) is 0. The molecule has 1 heterocycles. The highest BCUT2D eigenvalue weighted by molar-refractivity contribution is 5.67. The molecule has 0 atom stereocenters. The van der Waals surface area contributed by atoms with E-state index in [1.54, 1.807) is 24.5 Å². The van der Waals surface area contributed by atoms with Gasteiger partial charge >= 0.3 is 0 Å². The van der Waals surface area contributed by atoms with Crippen molar-refractivity contribution in [1.29, 1.82) is 0 Å². The molecule has 2 N–H and O–H groups in total. The predicted octanol–water partition coefficient (Wildman–Crippen LogP) is 3.75. The number of hydrogen-bond acceptors (Lipinski definition) is 3. The molecule has 3 heteroatoms. The molecule has 0 saturated carbocycles. The van der Waals surface area contributed by atoms with Crippen LogP contribution in [-0.4, -0.2) is 15.2 Å². The van der Waals surface area contributed by atoms with Gasteiger partial charge in [0.2, 0.25) is 0 Å². The van der Waals surface area contributed by atoms with Crippen LogP contribution in [0.1, 0.15) is 11.1 Å². The first-order chi connectivity index (χ1) is 10.2. The van der Waals surface area contributed by atoms with E-state index < -0.39 is 0 Å². The Bertz CT molecular complexity index is 737. The van der Waals surface area contributed by atoms with E-state index in [9.17, 15) is 10.2 Å². The van der Waals surface area contributed by atoms with E-state index in [1.807, 2.05) is 24.3 Å². The zero-order valence-electron chi connectivity index (χ0n) is 11.4. The molecule has 0 bridgehead atoms. The molecule has 1 aromatic heterocycles. The summed E-state index contributed by atoms with van der Waals surface area (Å²) in [5.41, 5.74) is 4.32. The second-order valence-electron chi connectivity index (χ2n) is 4.93. The number of pyridine rings is 1. The molecule has 0 radical (unpaired) electrons. The molecule has 104 valence electrons. The maximum atomic E-state index is 9.55. The minimum Gasteiger partial charge on any atom is -0.504 e. The van der Waals surface area contributed by atoms with Crippen molar-refractivity contribution in [2.75, 3.05) is 0 Å². The normalized spacial score (nSPS) is 10.5. The molecule has 0 unspecified atom stereocenters. The van der Waals surface area contributed by atoms with E-state index in [0.717, 1.165) is 17.5 Å². The van der Waals surface area contributed by atoms with Gasteiger partial charge in [-0.1, -0.05) is 30.3 Å². The Morgan fingerprint density at radius 1 is 0.667 bits per heavy atom. The van der Waals surface area contributed by atoms with E-state index in [0.29, 0.717) is 0 Å². The average Bonchev–Trinajstić information content (AvgIpc) is 2.52. The number of phenols is 2. The molecule has 21 heavy (non-hydrogen) atoms. The molecule has 3 rings (SSSR count). The zero-order chi connectivity index (χ0) is 14.7. The average molecular weight is 277 g/mol. The first-order valence-electron chi connectivity index (χ1n) is 6.72. The van der Waals surface area contributed by atoms with Crippen LogP contribution in [0.3, 0.4) is 0 Å². The van der Waals surface area contributed by atoms with Crippen LogP contribution in [0.25, 0.3) is 11.1 Å². The summed E-state index contributed by atoms with van der Waals surface area (Å²) in [5, 5.41) is 18.9. The number of aromatic hydroxyl groups is 2. The van der Waals surface area contributed by atoms with Crippen molar-refractivity contribution >= 4 is 0 Å². The fourth-order valence-corrected chi connectivity index (χ4v) is 2.25. The zero-order valence-corrected chi connectivity index (χ0v) is 11.4. The second-order valence-corrected chi connectivity index (χ2v) is 4.93. The minimum atomic E-state index is -0.104. The first-order valence-corrected chi connectivity index (χ1v) is 6.72. The van der Waals surface area contributed by atoms with Gasteiger partial charge in [-0.3, -0.25) is 4.98 Å². The number of phenolic OH excluding ortho intramolecular Hbond substituents is 2. The van der Waals surface area contributed by atoms with E-state index in [-0.39, 0.29) is 11.5 Å². The Morgan fingerprint density at radius 2 is 1.29 bits per heavy atom. The molecule has 0 amide bonds. The molecule has 3 nitrogen and oxygen atoms in total. The van der Waals surface area contributed by atoms with Crippen LogP contribution < -0.4 is 0 Å². The molecule has 0 saturated heterocycles. The smallest absolute Gasteiger partial charge is 0.158 e. The van der Waals surface area contributed by atoms with Crippen LogP contribution in [0.2, 0.25) is 0 Å².